The molecule has 4 aromatic rings. The number of carbonyl (C=O) groups is 1. The van der Waals surface area contributed by atoms with Crippen molar-refractivity contribution in [3.63, 3.8) is 0 Å². The van der Waals surface area contributed by atoms with E-state index in [0.717, 1.165) is 17.9 Å². The molecule has 1 N–H and O–H groups in total. The number of fused-ring (bicyclic) bond motifs is 1. The van der Waals surface area contributed by atoms with E-state index in [1.807, 2.05) is 19.1 Å². The fourth-order valence-corrected chi connectivity index (χ4v) is 2.56. The summed E-state index contributed by atoms with van der Waals surface area (Å²) in [6.45, 7) is 2.73. The van der Waals surface area contributed by atoms with Gasteiger partial charge in [0.1, 0.15) is 17.7 Å². The third-order valence-corrected chi connectivity index (χ3v) is 3.85. The zero-order chi connectivity index (χ0) is 17.2. The van der Waals surface area contributed by atoms with E-state index in [0.29, 0.717) is 16.8 Å². The molecule has 0 aliphatic rings. The molecule has 0 spiro atoms. The monoisotopic (exact) mass is 333 g/mol. The summed E-state index contributed by atoms with van der Waals surface area (Å²) >= 11 is 0. The molecule has 0 saturated heterocycles. The molecule has 3 aromatic heterocycles. The Labute approximate surface area is 143 Å². The van der Waals surface area contributed by atoms with Gasteiger partial charge in [-0.25, -0.2) is 14.6 Å². The van der Waals surface area contributed by atoms with Gasteiger partial charge in [0.2, 0.25) is 0 Å². The molecule has 3 heterocycles. The van der Waals surface area contributed by atoms with Crippen molar-refractivity contribution in [2.75, 3.05) is 5.32 Å². The summed E-state index contributed by atoms with van der Waals surface area (Å²) in [5, 5.41) is 11.0. The number of pyridine rings is 1. The molecule has 0 fully saturated rings. The van der Waals surface area contributed by atoms with Crippen LogP contribution in [0.25, 0.3) is 16.9 Å². The van der Waals surface area contributed by atoms with Crippen molar-refractivity contribution in [1.82, 2.24) is 29.5 Å². The van der Waals surface area contributed by atoms with E-state index >= 15 is 0 Å². The molecule has 8 nitrogen and oxygen atoms in total. The number of carbonyl (C=O) groups excluding carboxylic acids is 1. The van der Waals surface area contributed by atoms with Crippen LogP contribution in [-0.2, 0) is 6.54 Å². The van der Waals surface area contributed by atoms with Crippen molar-refractivity contribution in [3.05, 3.63) is 60.8 Å². The number of hydrogen-bond donors (Lipinski definition) is 1. The van der Waals surface area contributed by atoms with Gasteiger partial charge >= 0.3 is 0 Å². The van der Waals surface area contributed by atoms with Gasteiger partial charge in [-0.2, -0.15) is 0 Å². The van der Waals surface area contributed by atoms with E-state index in [-0.39, 0.29) is 5.91 Å². The van der Waals surface area contributed by atoms with Crippen LogP contribution in [0.15, 0.2) is 55.2 Å². The number of nitrogens with one attached hydrogen (secondary N) is 1. The number of nitrogens with zero attached hydrogens (tertiary/aromatic N) is 6. The number of benzene rings is 1. The Bertz CT molecular complexity index is 1020. The molecule has 8 heteroatoms. The highest BCUT2D eigenvalue weighted by molar-refractivity contribution is 6.05. The summed E-state index contributed by atoms with van der Waals surface area (Å²) < 4.78 is 3.58. The van der Waals surface area contributed by atoms with Crippen LogP contribution in [0.1, 0.15) is 17.3 Å². The summed E-state index contributed by atoms with van der Waals surface area (Å²) in [5.74, 6) is 0.512. The van der Waals surface area contributed by atoms with Gasteiger partial charge in [0, 0.05) is 24.5 Å². The molecule has 1 aromatic carbocycles. The Kier molecular flexibility index (Phi) is 3.70. The van der Waals surface area contributed by atoms with Gasteiger partial charge in [0.25, 0.3) is 5.91 Å². The van der Waals surface area contributed by atoms with Crippen LogP contribution in [0.5, 0.6) is 0 Å². The lowest BCUT2D eigenvalue weighted by molar-refractivity contribution is 0.102. The predicted molar refractivity (Wildman–Crippen MR) is 92.5 cm³/mol. The van der Waals surface area contributed by atoms with Crippen molar-refractivity contribution in [2.24, 2.45) is 0 Å². The lowest BCUT2D eigenvalue weighted by Crippen LogP contribution is -2.12. The summed E-state index contributed by atoms with van der Waals surface area (Å²) in [7, 11) is 0. The van der Waals surface area contributed by atoms with E-state index < -0.39 is 0 Å². The van der Waals surface area contributed by atoms with Gasteiger partial charge in [0.15, 0.2) is 0 Å². The average Bonchev–Trinajstić information content (AvgIpc) is 3.31. The molecule has 0 unspecified atom stereocenters. The summed E-state index contributed by atoms with van der Waals surface area (Å²) in [5.41, 5.74) is 2.74. The molecule has 1 amide bonds. The van der Waals surface area contributed by atoms with Gasteiger partial charge < -0.3 is 5.32 Å². The number of hydrogen-bond acceptors (Lipinski definition) is 5. The average molecular weight is 333 g/mol. The normalized spacial score (nSPS) is 10.9. The molecule has 25 heavy (non-hydrogen) atoms. The van der Waals surface area contributed by atoms with Crippen LogP contribution in [-0.4, -0.2) is 35.4 Å². The first kappa shape index (κ1) is 15.0. The highest BCUT2D eigenvalue weighted by Gasteiger charge is 2.10. The van der Waals surface area contributed by atoms with Crippen molar-refractivity contribution >= 4 is 22.6 Å². The fraction of sp³-hybridized carbons (Fsp3) is 0.118. The second-order valence-electron chi connectivity index (χ2n) is 5.44. The third kappa shape index (κ3) is 2.85. The Morgan fingerprint density at radius 1 is 1.24 bits per heavy atom. The molecule has 0 aliphatic heterocycles. The molecule has 0 atom stereocenters. The number of imidazole rings is 1. The van der Waals surface area contributed by atoms with Gasteiger partial charge in [0.05, 0.1) is 17.4 Å². The number of anilines is 1. The van der Waals surface area contributed by atoms with Crippen molar-refractivity contribution in [2.45, 2.75) is 13.5 Å². The summed E-state index contributed by atoms with van der Waals surface area (Å²) in [6, 6.07) is 8.96. The van der Waals surface area contributed by atoms with Gasteiger partial charge in [-0.3, -0.25) is 9.36 Å². The highest BCUT2D eigenvalue weighted by atomic mass is 16.1. The molecule has 0 aliphatic carbocycles. The maximum Gasteiger partial charge on any atom is 0.255 e. The Hall–Kier alpha value is -3.55. The van der Waals surface area contributed by atoms with Crippen LogP contribution in [0.3, 0.4) is 0 Å². The first-order valence-electron chi connectivity index (χ1n) is 7.83. The maximum atomic E-state index is 12.4. The van der Waals surface area contributed by atoms with Crippen LogP contribution < -0.4 is 5.32 Å². The van der Waals surface area contributed by atoms with E-state index in [4.69, 9.17) is 0 Å². The maximum absolute atomic E-state index is 12.4. The minimum Gasteiger partial charge on any atom is -0.321 e. The van der Waals surface area contributed by atoms with E-state index in [2.05, 4.69) is 25.6 Å². The van der Waals surface area contributed by atoms with Crippen molar-refractivity contribution in [1.29, 1.82) is 0 Å². The number of aromatic nitrogens is 6. The van der Waals surface area contributed by atoms with Gasteiger partial charge in [-0.15, -0.1) is 5.10 Å². The molecule has 0 bridgehead atoms. The smallest absolute Gasteiger partial charge is 0.255 e. The van der Waals surface area contributed by atoms with Crippen LogP contribution in [0, 0.1) is 0 Å². The van der Waals surface area contributed by atoms with Gasteiger partial charge in [-0.1, -0.05) is 5.21 Å². The van der Waals surface area contributed by atoms with Gasteiger partial charge in [-0.05, 0) is 37.3 Å². The molecule has 124 valence electrons. The summed E-state index contributed by atoms with van der Waals surface area (Å²) in [4.78, 5) is 20.7. The first-order valence-corrected chi connectivity index (χ1v) is 7.83. The SMILES string of the molecule is CCn1nnc2cc(C(=O)Nc3ccc(-n4ccnc4)nc3)ccc21. The highest BCUT2D eigenvalue weighted by Crippen LogP contribution is 2.16. The minimum absolute atomic E-state index is 0.217. The molecular weight excluding hydrogens is 318 g/mol. The topological polar surface area (TPSA) is 90.5 Å². The fourth-order valence-electron chi connectivity index (χ4n) is 2.56. The Morgan fingerprint density at radius 3 is 2.88 bits per heavy atom. The molecule has 0 radical (unpaired) electrons. The standard InChI is InChI=1S/C17H15N7O/c1-2-24-15-5-3-12(9-14(15)21-22-24)17(25)20-13-4-6-16(19-10-13)23-8-7-18-11-23/h3-11H,2H2,1H3,(H,20,25). The zero-order valence-electron chi connectivity index (χ0n) is 13.5. The lowest BCUT2D eigenvalue weighted by Gasteiger charge is -2.06. The zero-order valence-corrected chi connectivity index (χ0v) is 13.5. The van der Waals surface area contributed by atoms with Crippen LogP contribution >= 0.6 is 0 Å². The van der Waals surface area contributed by atoms with E-state index in [1.54, 1.807) is 52.4 Å². The van der Waals surface area contributed by atoms with E-state index in [9.17, 15) is 4.79 Å². The Morgan fingerprint density at radius 2 is 2.16 bits per heavy atom. The second kappa shape index (κ2) is 6.16. The molecule has 4 rings (SSSR count). The number of rotatable bonds is 4. The van der Waals surface area contributed by atoms with Crippen molar-refractivity contribution in [3.8, 4) is 5.82 Å². The predicted octanol–water partition coefficient (Wildman–Crippen LogP) is 2.28. The quantitative estimate of drug-likeness (QED) is 0.619. The summed E-state index contributed by atoms with van der Waals surface area (Å²) in [6.07, 6.45) is 6.76. The van der Waals surface area contributed by atoms with Crippen LogP contribution in [0.2, 0.25) is 0 Å². The minimum atomic E-state index is -0.217. The Balaban J connectivity index is 1.53. The number of amides is 1. The largest absolute Gasteiger partial charge is 0.321 e. The molecule has 0 saturated carbocycles. The second-order valence-corrected chi connectivity index (χ2v) is 5.44. The third-order valence-electron chi connectivity index (χ3n) is 3.85. The number of aryl methyl sites for hydroxylation is 1. The van der Waals surface area contributed by atoms with Crippen LogP contribution in [0.4, 0.5) is 5.69 Å². The lowest BCUT2D eigenvalue weighted by atomic mass is 10.2. The van der Waals surface area contributed by atoms with E-state index in [1.165, 1.54) is 0 Å². The molecular formula is C17H15N7O. The van der Waals surface area contributed by atoms with Crippen molar-refractivity contribution < 1.29 is 4.79 Å². The first-order chi connectivity index (χ1) is 12.2.